The Morgan fingerprint density at radius 1 is 1.05 bits per heavy atom. The predicted molar refractivity (Wildman–Crippen MR) is 79.7 cm³/mol. The molecule has 0 aromatic heterocycles. The molecule has 0 atom stereocenters. The smallest absolute Gasteiger partial charge is 0.381 e. The van der Waals surface area contributed by atoms with Crippen LogP contribution in [0.4, 0.5) is 18.9 Å². The lowest BCUT2D eigenvalue weighted by Crippen LogP contribution is -2.07. The summed E-state index contributed by atoms with van der Waals surface area (Å²) >= 11 is 5.75. The number of hydrogen-bond donors (Lipinski definition) is 1. The van der Waals surface area contributed by atoms with Crippen LogP contribution in [-0.4, -0.2) is 0 Å². The van der Waals surface area contributed by atoms with Crippen LogP contribution in [-0.2, 0) is 12.7 Å². The summed E-state index contributed by atoms with van der Waals surface area (Å²) in [5.41, 5.74) is 2.85. The third-order valence-electron chi connectivity index (χ3n) is 3.21. The molecule has 0 aliphatic heterocycles. The zero-order valence-electron chi connectivity index (χ0n) is 11.7. The van der Waals surface area contributed by atoms with Crippen LogP contribution in [0, 0.1) is 13.8 Å². The molecule has 0 spiro atoms. The van der Waals surface area contributed by atoms with E-state index in [0.717, 1.165) is 28.8 Å². The van der Waals surface area contributed by atoms with Gasteiger partial charge in [-0.05, 0) is 43.2 Å². The third kappa shape index (κ3) is 4.14. The van der Waals surface area contributed by atoms with E-state index >= 15 is 0 Å². The van der Waals surface area contributed by atoms with Crippen LogP contribution in [0.2, 0.25) is 5.02 Å². The number of halogens is 4. The minimum atomic E-state index is -4.40. The summed E-state index contributed by atoms with van der Waals surface area (Å²) in [5.74, 6) is 0. The first-order valence-electron chi connectivity index (χ1n) is 6.43. The summed E-state index contributed by atoms with van der Waals surface area (Å²) in [7, 11) is 0. The Morgan fingerprint density at radius 2 is 1.76 bits per heavy atom. The summed E-state index contributed by atoms with van der Waals surface area (Å²) in [4.78, 5) is 0. The van der Waals surface area contributed by atoms with Gasteiger partial charge in [-0.3, -0.25) is 0 Å². The molecule has 0 amide bonds. The van der Waals surface area contributed by atoms with Crippen LogP contribution in [0.5, 0.6) is 0 Å². The van der Waals surface area contributed by atoms with Gasteiger partial charge in [-0.15, -0.1) is 0 Å². The highest BCUT2D eigenvalue weighted by Crippen LogP contribution is 2.33. The Balaban J connectivity index is 2.20. The van der Waals surface area contributed by atoms with Crippen molar-refractivity contribution in [2.75, 3.05) is 5.32 Å². The monoisotopic (exact) mass is 313 g/mol. The van der Waals surface area contributed by atoms with Crippen molar-refractivity contribution in [1.29, 1.82) is 0 Å². The molecule has 2 aromatic carbocycles. The zero-order valence-corrected chi connectivity index (χ0v) is 12.4. The first kappa shape index (κ1) is 15.7. The van der Waals surface area contributed by atoms with E-state index in [-0.39, 0.29) is 5.02 Å². The molecule has 1 nitrogen and oxygen atoms in total. The molecule has 0 aliphatic rings. The van der Waals surface area contributed by atoms with Gasteiger partial charge in [0.25, 0.3) is 0 Å². The highest BCUT2D eigenvalue weighted by molar-refractivity contribution is 6.30. The molecule has 0 aliphatic carbocycles. The Hall–Kier alpha value is -1.68. The Kier molecular flexibility index (Phi) is 4.47. The fraction of sp³-hybridized carbons (Fsp3) is 0.250. The lowest BCUT2D eigenvalue weighted by molar-refractivity contribution is -0.137. The van der Waals surface area contributed by atoms with E-state index in [9.17, 15) is 13.2 Å². The van der Waals surface area contributed by atoms with Crippen molar-refractivity contribution in [3.05, 3.63) is 63.7 Å². The highest BCUT2D eigenvalue weighted by Gasteiger charge is 2.31. The van der Waals surface area contributed by atoms with Crippen molar-refractivity contribution >= 4 is 17.3 Å². The molecule has 2 aromatic rings. The van der Waals surface area contributed by atoms with Crippen molar-refractivity contribution < 1.29 is 13.2 Å². The van der Waals surface area contributed by atoms with Crippen LogP contribution in [0.3, 0.4) is 0 Å². The third-order valence-corrected chi connectivity index (χ3v) is 3.43. The summed E-state index contributed by atoms with van der Waals surface area (Å²) in [6.07, 6.45) is -4.40. The van der Waals surface area contributed by atoms with E-state index in [1.807, 2.05) is 32.0 Å². The van der Waals surface area contributed by atoms with Crippen LogP contribution in [0.1, 0.15) is 22.3 Å². The quantitative estimate of drug-likeness (QED) is 0.779. The number of rotatable bonds is 3. The van der Waals surface area contributed by atoms with Gasteiger partial charge in [-0.1, -0.05) is 35.4 Å². The minimum absolute atomic E-state index is 0.0632. The lowest BCUT2D eigenvalue weighted by Gasteiger charge is -2.13. The second kappa shape index (κ2) is 5.98. The molecule has 0 unspecified atom stereocenters. The summed E-state index contributed by atoms with van der Waals surface area (Å²) in [6, 6.07) is 9.48. The van der Waals surface area contributed by atoms with Crippen molar-refractivity contribution in [1.82, 2.24) is 0 Å². The van der Waals surface area contributed by atoms with Gasteiger partial charge in [-0.2, -0.15) is 13.2 Å². The Labute approximate surface area is 126 Å². The molecule has 0 heterocycles. The van der Waals surface area contributed by atoms with Crippen molar-refractivity contribution in [3.8, 4) is 0 Å². The molecule has 2 rings (SSSR count). The van der Waals surface area contributed by atoms with Gasteiger partial charge in [0.05, 0.1) is 5.56 Å². The molecular weight excluding hydrogens is 299 g/mol. The fourth-order valence-corrected chi connectivity index (χ4v) is 2.28. The van der Waals surface area contributed by atoms with E-state index in [0.29, 0.717) is 12.2 Å². The molecule has 0 radical (unpaired) electrons. The van der Waals surface area contributed by atoms with E-state index in [1.54, 1.807) is 0 Å². The van der Waals surface area contributed by atoms with Gasteiger partial charge in [0.2, 0.25) is 0 Å². The van der Waals surface area contributed by atoms with Crippen LogP contribution in [0.15, 0.2) is 36.4 Å². The number of hydrogen-bond acceptors (Lipinski definition) is 1. The summed E-state index contributed by atoms with van der Waals surface area (Å²) in [6.45, 7) is 4.39. The van der Waals surface area contributed by atoms with Crippen molar-refractivity contribution in [3.63, 3.8) is 0 Å². The summed E-state index contributed by atoms with van der Waals surface area (Å²) < 4.78 is 38.2. The lowest BCUT2D eigenvalue weighted by atomic mass is 10.1. The SMILES string of the molecule is Cc1ccc(C)c(CNc2cc(Cl)cc(C(F)(F)F)c2)c1. The zero-order chi connectivity index (χ0) is 15.6. The molecule has 112 valence electrons. The molecule has 0 bridgehead atoms. The molecule has 0 saturated heterocycles. The fourth-order valence-electron chi connectivity index (χ4n) is 2.04. The van der Waals surface area contributed by atoms with E-state index < -0.39 is 11.7 Å². The van der Waals surface area contributed by atoms with Crippen LogP contribution < -0.4 is 5.32 Å². The number of anilines is 1. The largest absolute Gasteiger partial charge is 0.416 e. The van der Waals surface area contributed by atoms with Gasteiger partial charge in [0.15, 0.2) is 0 Å². The molecule has 0 fully saturated rings. The predicted octanol–water partition coefficient (Wildman–Crippen LogP) is 5.59. The average Bonchev–Trinajstić information content (AvgIpc) is 2.38. The summed E-state index contributed by atoms with van der Waals surface area (Å²) in [5, 5.41) is 3.06. The van der Waals surface area contributed by atoms with E-state index in [2.05, 4.69) is 5.32 Å². The molecular formula is C16H15ClF3N. The molecule has 1 N–H and O–H groups in total. The number of nitrogens with one attached hydrogen (secondary N) is 1. The number of alkyl halides is 3. The topological polar surface area (TPSA) is 12.0 Å². The second-order valence-electron chi connectivity index (χ2n) is 5.01. The van der Waals surface area contributed by atoms with E-state index in [1.165, 1.54) is 6.07 Å². The molecule has 5 heteroatoms. The molecule has 0 saturated carbocycles. The van der Waals surface area contributed by atoms with Gasteiger partial charge in [0.1, 0.15) is 0 Å². The van der Waals surface area contributed by atoms with Gasteiger partial charge in [0, 0.05) is 17.3 Å². The van der Waals surface area contributed by atoms with Crippen LogP contribution >= 0.6 is 11.6 Å². The van der Waals surface area contributed by atoms with Gasteiger partial charge >= 0.3 is 6.18 Å². The van der Waals surface area contributed by atoms with Crippen molar-refractivity contribution in [2.45, 2.75) is 26.6 Å². The number of benzene rings is 2. The highest BCUT2D eigenvalue weighted by atomic mass is 35.5. The second-order valence-corrected chi connectivity index (χ2v) is 5.45. The van der Waals surface area contributed by atoms with Gasteiger partial charge < -0.3 is 5.32 Å². The maximum atomic E-state index is 12.7. The molecule has 21 heavy (non-hydrogen) atoms. The van der Waals surface area contributed by atoms with E-state index in [4.69, 9.17) is 11.6 Å². The normalized spacial score (nSPS) is 11.5. The van der Waals surface area contributed by atoms with Gasteiger partial charge in [-0.25, -0.2) is 0 Å². The Bertz CT molecular complexity index is 650. The maximum Gasteiger partial charge on any atom is 0.416 e. The van der Waals surface area contributed by atoms with Crippen molar-refractivity contribution in [2.24, 2.45) is 0 Å². The minimum Gasteiger partial charge on any atom is -0.381 e. The standard InChI is InChI=1S/C16H15ClF3N/c1-10-3-4-11(2)12(5-10)9-21-15-7-13(16(18,19)20)6-14(17)8-15/h3-8,21H,9H2,1-2H3. The van der Waals surface area contributed by atoms with Crippen LogP contribution in [0.25, 0.3) is 0 Å². The maximum absolute atomic E-state index is 12.7. The Morgan fingerprint density at radius 3 is 2.43 bits per heavy atom. The average molecular weight is 314 g/mol. The first-order valence-corrected chi connectivity index (χ1v) is 6.81. The number of aryl methyl sites for hydroxylation is 2. The first-order chi connectivity index (χ1) is 9.75.